The van der Waals surface area contributed by atoms with Gasteiger partial charge in [0.05, 0.1) is 22.1 Å². The molecule has 0 saturated heterocycles. The number of aromatic nitrogens is 3. The first-order valence-electron chi connectivity index (χ1n) is 12.7. The van der Waals surface area contributed by atoms with Gasteiger partial charge in [-0.1, -0.05) is 48.7 Å². The van der Waals surface area contributed by atoms with E-state index in [4.69, 9.17) is 9.51 Å². The molecule has 3 aromatic heterocycles. The van der Waals surface area contributed by atoms with Gasteiger partial charge in [0.1, 0.15) is 5.76 Å². The Balaban J connectivity index is 1.44. The molecule has 6 rings (SSSR count). The standard InChI is InChI=1S/C29H31N3O3/c1-18-26(19(2)35-31-18)22-14-25-27(30-15-22)24(17-32(25)16-20-6-4-3-5-7-20)21-8-10-23(11-9-21)29(12-13-29)28(33)34/h8-11,14-15,17,20H,3-7,12-13,16H2,1-2H3,(H,33,34). The summed E-state index contributed by atoms with van der Waals surface area (Å²) in [6.07, 6.45) is 12.1. The maximum Gasteiger partial charge on any atom is 0.314 e. The van der Waals surface area contributed by atoms with E-state index in [1.54, 1.807) is 0 Å². The van der Waals surface area contributed by atoms with Crippen molar-refractivity contribution in [2.75, 3.05) is 0 Å². The fourth-order valence-corrected chi connectivity index (χ4v) is 5.93. The summed E-state index contributed by atoms with van der Waals surface area (Å²) >= 11 is 0. The maximum atomic E-state index is 11.8. The van der Waals surface area contributed by atoms with Crippen LogP contribution >= 0.6 is 0 Å². The van der Waals surface area contributed by atoms with Crippen molar-refractivity contribution in [3.05, 3.63) is 59.7 Å². The van der Waals surface area contributed by atoms with Gasteiger partial charge in [-0.05, 0) is 62.6 Å². The fraction of sp³-hybridized carbons (Fsp3) is 0.414. The predicted octanol–water partition coefficient (Wildman–Crippen LogP) is 6.67. The van der Waals surface area contributed by atoms with Gasteiger partial charge in [-0.2, -0.15) is 0 Å². The van der Waals surface area contributed by atoms with E-state index in [0.29, 0.717) is 18.8 Å². The Morgan fingerprint density at radius 1 is 1.11 bits per heavy atom. The zero-order valence-corrected chi connectivity index (χ0v) is 20.4. The first kappa shape index (κ1) is 22.1. The molecule has 1 aromatic carbocycles. The zero-order chi connectivity index (χ0) is 24.2. The number of hydrogen-bond donors (Lipinski definition) is 1. The number of aryl methyl sites for hydroxylation is 2. The molecular formula is C29H31N3O3. The summed E-state index contributed by atoms with van der Waals surface area (Å²) in [6, 6.07) is 10.3. The lowest BCUT2D eigenvalue weighted by molar-refractivity contribution is -0.140. The normalized spacial score (nSPS) is 17.7. The van der Waals surface area contributed by atoms with Crippen LogP contribution in [-0.4, -0.2) is 25.8 Å². The summed E-state index contributed by atoms with van der Waals surface area (Å²) < 4.78 is 7.80. The number of hydrogen-bond acceptors (Lipinski definition) is 4. The lowest BCUT2D eigenvalue weighted by Crippen LogP contribution is -2.19. The van der Waals surface area contributed by atoms with Crippen molar-refractivity contribution in [2.45, 2.75) is 70.8 Å². The molecule has 0 bridgehead atoms. The van der Waals surface area contributed by atoms with Crippen LogP contribution in [0, 0.1) is 19.8 Å². The minimum absolute atomic E-state index is 0.683. The Morgan fingerprint density at radius 3 is 2.49 bits per heavy atom. The van der Waals surface area contributed by atoms with Crippen molar-refractivity contribution < 1.29 is 14.4 Å². The molecule has 3 heterocycles. The highest BCUT2D eigenvalue weighted by molar-refractivity contribution is 5.95. The third-order valence-corrected chi connectivity index (χ3v) is 8.13. The molecule has 1 N–H and O–H groups in total. The molecule has 0 amide bonds. The Kier molecular flexibility index (Phi) is 5.28. The Labute approximate surface area is 205 Å². The van der Waals surface area contributed by atoms with E-state index in [1.165, 1.54) is 32.1 Å². The molecule has 6 heteroatoms. The fourth-order valence-electron chi connectivity index (χ4n) is 5.93. The number of fused-ring (bicyclic) bond motifs is 1. The molecular weight excluding hydrogens is 438 g/mol. The first-order chi connectivity index (χ1) is 17.0. The number of carboxylic acid groups (broad SMARTS) is 1. The van der Waals surface area contributed by atoms with Gasteiger partial charge in [-0.3, -0.25) is 9.78 Å². The smallest absolute Gasteiger partial charge is 0.314 e. The largest absolute Gasteiger partial charge is 0.481 e. The number of benzene rings is 1. The average Bonchev–Trinajstić information content (AvgIpc) is 3.53. The summed E-state index contributed by atoms with van der Waals surface area (Å²) in [5.74, 6) is 0.766. The van der Waals surface area contributed by atoms with E-state index in [1.807, 2.05) is 32.2 Å². The first-order valence-corrected chi connectivity index (χ1v) is 12.7. The maximum absolute atomic E-state index is 11.8. The van der Waals surface area contributed by atoms with E-state index in [-0.39, 0.29) is 0 Å². The minimum atomic E-state index is -0.720. The molecule has 0 atom stereocenters. The van der Waals surface area contributed by atoms with E-state index in [0.717, 1.165) is 56.8 Å². The highest BCUT2D eigenvalue weighted by atomic mass is 16.5. The van der Waals surface area contributed by atoms with Crippen LogP contribution in [0.15, 0.2) is 47.2 Å². The molecule has 6 nitrogen and oxygen atoms in total. The third-order valence-electron chi connectivity index (χ3n) is 8.13. The van der Waals surface area contributed by atoms with E-state index in [2.05, 4.69) is 34.1 Å². The van der Waals surface area contributed by atoms with Crippen LogP contribution in [0.25, 0.3) is 33.3 Å². The lowest BCUT2D eigenvalue weighted by atomic mass is 9.89. The van der Waals surface area contributed by atoms with Crippen LogP contribution in [0.3, 0.4) is 0 Å². The number of rotatable bonds is 6. The summed E-state index contributed by atoms with van der Waals surface area (Å²) in [7, 11) is 0. The molecule has 2 fully saturated rings. The zero-order valence-electron chi connectivity index (χ0n) is 20.4. The molecule has 0 aliphatic heterocycles. The summed E-state index contributed by atoms with van der Waals surface area (Å²) in [4.78, 5) is 16.7. The monoisotopic (exact) mass is 469 g/mol. The quantitative estimate of drug-likeness (QED) is 0.341. The summed E-state index contributed by atoms with van der Waals surface area (Å²) in [5.41, 5.74) is 7.38. The second-order valence-corrected chi connectivity index (χ2v) is 10.5. The summed E-state index contributed by atoms with van der Waals surface area (Å²) in [6.45, 7) is 4.90. The van der Waals surface area contributed by atoms with Crippen molar-refractivity contribution in [2.24, 2.45) is 5.92 Å². The topological polar surface area (TPSA) is 81.2 Å². The highest BCUT2D eigenvalue weighted by Gasteiger charge is 2.51. The Hall–Kier alpha value is -3.41. The van der Waals surface area contributed by atoms with Crippen LogP contribution in [0.1, 0.15) is 62.0 Å². The van der Waals surface area contributed by atoms with E-state index < -0.39 is 11.4 Å². The average molecular weight is 470 g/mol. The van der Waals surface area contributed by atoms with Crippen LogP contribution in [0.2, 0.25) is 0 Å². The van der Waals surface area contributed by atoms with Crippen LogP contribution in [-0.2, 0) is 16.8 Å². The van der Waals surface area contributed by atoms with Crippen molar-refractivity contribution >= 4 is 17.0 Å². The SMILES string of the molecule is Cc1noc(C)c1-c1cnc2c(-c3ccc(C4(C(=O)O)CC4)cc3)cn(CC3CCCCC3)c2c1. The molecule has 0 unspecified atom stereocenters. The van der Waals surface area contributed by atoms with Crippen molar-refractivity contribution in [1.29, 1.82) is 0 Å². The number of nitrogens with zero attached hydrogens (tertiary/aromatic N) is 3. The molecule has 2 saturated carbocycles. The number of pyridine rings is 1. The Morgan fingerprint density at radius 2 is 1.86 bits per heavy atom. The van der Waals surface area contributed by atoms with Gasteiger partial charge >= 0.3 is 5.97 Å². The van der Waals surface area contributed by atoms with Gasteiger partial charge in [0, 0.05) is 35.6 Å². The van der Waals surface area contributed by atoms with E-state index in [9.17, 15) is 9.90 Å². The Bertz CT molecular complexity index is 1380. The van der Waals surface area contributed by atoms with Gasteiger partial charge in [-0.15, -0.1) is 0 Å². The lowest BCUT2D eigenvalue weighted by Gasteiger charge is -2.22. The minimum Gasteiger partial charge on any atom is -0.481 e. The van der Waals surface area contributed by atoms with Crippen LogP contribution in [0.4, 0.5) is 0 Å². The molecule has 180 valence electrons. The van der Waals surface area contributed by atoms with Gasteiger partial charge < -0.3 is 14.2 Å². The molecule has 0 spiro atoms. The van der Waals surface area contributed by atoms with Crippen molar-refractivity contribution in [1.82, 2.24) is 14.7 Å². The number of carboxylic acids is 1. The van der Waals surface area contributed by atoms with Gasteiger partial charge in [0.2, 0.25) is 0 Å². The molecule has 4 aromatic rings. The molecule has 0 radical (unpaired) electrons. The van der Waals surface area contributed by atoms with Crippen molar-refractivity contribution in [3.8, 4) is 22.3 Å². The number of aliphatic carboxylic acids is 1. The van der Waals surface area contributed by atoms with Crippen molar-refractivity contribution in [3.63, 3.8) is 0 Å². The van der Waals surface area contributed by atoms with Crippen LogP contribution in [0.5, 0.6) is 0 Å². The molecule has 2 aliphatic carbocycles. The van der Waals surface area contributed by atoms with E-state index >= 15 is 0 Å². The second-order valence-electron chi connectivity index (χ2n) is 10.5. The van der Waals surface area contributed by atoms with Crippen LogP contribution < -0.4 is 0 Å². The number of carbonyl (C=O) groups is 1. The molecule has 35 heavy (non-hydrogen) atoms. The second kappa shape index (κ2) is 8.36. The highest BCUT2D eigenvalue weighted by Crippen LogP contribution is 2.48. The van der Waals surface area contributed by atoms with Gasteiger partial charge in [0.25, 0.3) is 0 Å². The summed E-state index contributed by atoms with van der Waals surface area (Å²) in [5, 5.41) is 13.8. The third kappa shape index (κ3) is 3.76. The van der Waals surface area contributed by atoms with Gasteiger partial charge in [0.15, 0.2) is 0 Å². The molecule has 2 aliphatic rings. The predicted molar refractivity (Wildman–Crippen MR) is 135 cm³/mol. The van der Waals surface area contributed by atoms with Gasteiger partial charge in [-0.25, -0.2) is 0 Å².